The molecule has 0 saturated heterocycles. The molecular weight excluding hydrogens is 236 g/mol. The van der Waals surface area contributed by atoms with E-state index in [2.05, 4.69) is 4.72 Å². The third-order valence-corrected chi connectivity index (χ3v) is 5.48. The van der Waals surface area contributed by atoms with Gasteiger partial charge in [-0.15, -0.1) is 0 Å². The lowest BCUT2D eigenvalue weighted by molar-refractivity contribution is 0.391. The van der Waals surface area contributed by atoms with Gasteiger partial charge < -0.3 is 5.73 Å². The molecule has 1 rings (SSSR count). The Kier molecular flexibility index (Phi) is 5.41. The van der Waals surface area contributed by atoms with Crippen molar-refractivity contribution in [3.8, 4) is 0 Å². The first kappa shape index (κ1) is 14.9. The van der Waals surface area contributed by atoms with E-state index in [1.165, 1.54) is 12.8 Å². The van der Waals surface area contributed by atoms with Crippen molar-refractivity contribution >= 4 is 10.0 Å². The Bertz CT molecular complexity index is 317. The molecule has 0 aromatic carbocycles. The van der Waals surface area contributed by atoms with Crippen LogP contribution in [0.5, 0.6) is 0 Å². The summed E-state index contributed by atoms with van der Waals surface area (Å²) in [6.07, 6.45) is 6.02. The second-order valence-electron chi connectivity index (χ2n) is 5.32. The molecule has 0 spiro atoms. The quantitative estimate of drug-likeness (QED) is 0.732. The topological polar surface area (TPSA) is 72.2 Å². The van der Waals surface area contributed by atoms with Crippen LogP contribution >= 0.6 is 0 Å². The van der Waals surface area contributed by atoms with Gasteiger partial charge in [-0.1, -0.05) is 26.7 Å². The van der Waals surface area contributed by atoms with E-state index in [0.717, 1.165) is 25.7 Å². The smallest absolute Gasteiger partial charge is 0.211 e. The monoisotopic (exact) mass is 262 g/mol. The summed E-state index contributed by atoms with van der Waals surface area (Å²) in [6.45, 7) is 4.35. The fraction of sp³-hybridized carbons (Fsp3) is 1.00. The standard InChI is InChI=1S/C12H26N2O2S/c1-3-12(13,4-2)10-14-17(15,16)9-11-7-5-6-8-11/h11,14H,3-10,13H2,1-2H3. The third kappa shape index (κ3) is 4.94. The highest BCUT2D eigenvalue weighted by molar-refractivity contribution is 7.89. The number of nitrogens with two attached hydrogens (primary N) is 1. The summed E-state index contributed by atoms with van der Waals surface area (Å²) >= 11 is 0. The molecule has 17 heavy (non-hydrogen) atoms. The first-order chi connectivity index (χ1) is 7.91. The van der Waals surface area contributed by atoms with E-state index < -0.39 is 15.6 Å². The lowest BCUT2D eigenvalue weighted by Crippen LogP contribution is -2.49. The van der Waals surface area contributed by atoms with Gasteiger partial charge in [0.1, 0.15) is 0 Å². The van der Waals surface area contributed by atoms with Gasteiger partial charge >= 0.3 is 0 Å². The van der Waals surface area contributed by atoms with E-state index in [-0.39, 0.29) is 5.75 Å². The van der Waals surface area contributed by atoms with E-state index in [9.17, 15) is 8.42 Å². The van der Waals surface area contributed by atoms with Gasteiger partial charge in [-0.25, -0.2) is 13.1 Å². The van der Waals surface area contributed by atoms with Crippen LogP contribution in [0.1, 0.15) is 52.4 Å². The lowest BCUT2D eigenvalue weighted by Gasteiger charge is -2.27. The molecule has 1 saturated carbocycles. The summed E-state index contributed by atoms with van der Waals surface area (Å²) < 4.78 is 26.5. The van der Waals surface area contributed by atoms with E-state index in [0.29, 0.717) is 12.5 Å². The minimum absolute atomic E-state index is 0.274. The van der Waals surface area contributed by atoms with Crippen LogP contribution in [0.25, 0.3) is 0 Å². The Morgan fingerprint density at radius 3 is 2.24 bits per heavy atom. The molecule has 0 aliphatic heterocycles. The lowest BCUT2D eigenvalue weighted by atomic mass is 9.95. The predicted molar refractivity (Wildman–Crippen MR) is 71.2 cm³/mol. The Hall–Kier alpha value is -0.130. The minimum Gasteiger partial charge on any atom is -0.324 e. The molecule has 0 amide bonds. The van der Waals surface area contributed by atoms with Gasteiger partial charge in [-0.3, -0.25) is 0 Å². The molecule has 0 aromatic heterocycles. The van der Waals surface area contributed by atoms with Gasteiger partial charge in [0.05, 0.1) is 5.75 Å². The normalized spacial score (nSPS) is 18.8. The van der Waals surface area contributed by atoms with Crippen LogP contribution in [0.4, 0.5) is 0 Å². The molecule has 0 radical (unpaired) electrons. The van der Waals surface area contributed by atoms with Crippen molar-refractivity contribution in [3.05, 3.63) is 0 Å². The number of nitrogens with one attached hydrogen (secondary N) is 1. The Balaban J connectivity index is 2.43. The maximum Gasteiger partial charge on any atom is 0.211 e. The van der Waals surface area contributed by atoms with E-state index >= 15 is 0 Å². The maximum atomic E-state index is 11.9. The summed E-state index contributed by atoms with van der Waals surface area (Å²) in [5.41, 5.74) is 5.68. The molecule has 0 heterocycles. The number of hydrogen-bond acceptors (Lipinski definition) is 3. The van der Waals surface area contributed by atoms with Crippen molar-refractivity contribution in [2.45, 2.75) is 57.9 Å². The second-order valence-corrected chi connectivity index (χ2v) is 7.17. The summed E-state index contributed by atoms with van der Waals surface area (Å²) in [5.74, 6) is 0.624. The number of rotatable bonds is 7. The van der Waals surface area contributed by atoms with Crippen LogP contribution in [0.15, 0.2) is 0 Å². The molecule has 1 fully saturated rings. The van der Waals surface area contributed by atoms with E-state index in [1.54, 1.807) is 0 Å². The zero-order valence-corrected chi connectivity index (χ0v) is 11.9. The molecule has 3 N–H and O–H groups in total. The molecule has 1 aliphatic carbocycles. The fourth-order valence-electron chi connectivity index (χ4n) is 2.30. The third-order valence-electron chi connectivity index (χ3n) is 3.98. The van der Waals surface area contributed by atoms with Gasteiger partial charge in [0.2, 0.25) is 10.0 Å². The Labute approximate surface area is 105 Å². The average Bonchev–Trinajstić information content (AvgIpc) is 2.78. The van der Waals surface area contributed by atoms with Crippen molar-refractivity contribution in [1.29, 1.82) is 0 Å². The molecule has 1 aliphatic rings. The fourth-order valence-corrected chi connectivity index (χ4v) is 3.88. The molecule has 4 nitrogen and oxygen atoms in total. The number of sulfonamides is 1. The van der Waals surface area contributed by atoms with Crippen LogP contribution < -0.4 is 10.5 Å². The van der Waals surface area contributed by atoms with Gasteiger partial charge in [0.15, 0.2) is 0 Å². The predicted octanol–water partition coefficient (Wildman–Crippen LogP) is 1.61. The van der Waals surface area contributed by atoms with Crippen molar-refractivity contribution in [2.75, 3.05) is 12.3 Å². The van der Waals surface area contributed by atoms with Gasteiger partial charge in [0.25, 0.3) is 0 Å². The maximum absolute atomic E-state index is 11.9. The summed E-state index contributed by atoms with van der Waals surface area (Å²) in [6, 6.07) is 0. The van der Waals surface area contributed by atoms with Crippen molar-refractivity contribution in [2.24, 2.45) is 11.7 Å². The van der Waals surface area contributed by atoms with Gasteiger partial charge in [-0.2, -0.15) is 0 Å². The molecule has 5 heteroatoms. The zero-order chi connectivity index (χ0) is 12.9. The Morgan fingerprint density at radius 1 is 1.24 bits per heavy atom. The summed E-state index contributed by atoms with van der Waals surface area (Å²) in [5, 5.41) is 0. The molecule has 0 unspecified atom stereocenters. The minimum atomic E-state index is -3.15. The highest BCUT2D eigenvalue weighted by atomic mass is 32.2. The van der Waals surface area contributed by atoms with Crippen molar-refractivity contribution in [1.82, 2.24) is 4.72 Å². The zero-order valence-electron chi connectivity index (χ0n) is 11.0. The van der Waals surface area contributed by atoms with Crippen molar-refractivity contribution in [3.63, 3.8) is 0 Å². The number of hydrogen-bond donors (Lipinski definition) is 2. The van der Waals surface area contributed by atoms with Crippen LogP contribution in [-0.4, -0.2) is 26.3 Å². The molecule has 0 bridgehead atoms. The second kappa shape index (κ2) is 6.16. The average molecular weight is 262 g/mol. The van der Waals surface area contributed by atoms with Crippen LogP contribution in [-0.2, 0) is 10.0 Å². The molecule has 0 atom stereocenters. The molecular formula is C12H26N2O2S. The van der Waals surface area contributed by atoms with E-state index in [1.807, 2.05) is 13.8 Å². The van der Waals surface area contributed by atoms with Crippen LogP contribution in [0, 0.1) is 5.92 Å². The highest BCUT2D eigenvalue weighted by Gasteiger charge is 2.26. The summed E-state index contributed by atoms with van der Waals surface area (Å²) in [4.78, 5) is 0. The molecule has 0 aromatic rings. The largest absolute Gasteiger partial charge is 0.324 e. The SMILES string of the molecule is CCC(N)(CC)CNS(=O)(=O)CC1CCCC1. The molecule has 102 valence electrons. The first-order valence-corrected chi connectivity index (χ1v) is 8.32. The van der Waals surface area contributed by atoms with Gasteiger partial charge in [0, 0.05) is 12.1 Å². The highest BCUT2D eigenvalue weighted by Crippen LogP contribution is 2.25. The van der Waals surface area contributed by atoms with Crippen LogP contribution in [0.3, 0.4) is 0 Å². The Morgan fingerprint density at radius 2 is 1.76 bits per heavy atom. The first-order valence-electron chi connectivity index (χ1n) is 6.67. The van der Waals surface area contributed by atoms with Crippen molar-refractivity contribution < 1.29 is 8.42 Å². The van der Waals surface area contributed by atoms with Crippen LogP contribution in [0.2, 0.25) is 0 Å². The van der Waals surface area contributed by atoms with Gasteiger partial charge in [-0.05, 0) is 31.6 Å². The van der Waals surface area contributed by atoms with E-state index in [4.69, 9.17) is 5.73 Å². The summed E-state index contributed by atoms with van der Waals surface area (Å²) in [7, 11) is -3.15.